The highest BCUT2D eigenvalue weighted by molar-refractivity contribution is 9.10. The number of hydrogen-bond donors (Lipinski definition) is 2. The molecular weight excluding hydrogens is 470 g/mol. The minimum Gasteiger partial charge on any atom is -0.345 e. The van der Waals surface area contributed by atoms with E-state index in [0.717, 1.165) is 36.9 Å². The summed E-state index contributed by atoms with van der Waals surface area (Å²) < 4.78 is 2.46. The molecule has 1 aromatic heterocycles. The number of nitrogens with zero attached hydrogens (tertiary/aromatic N) is 3. The van der Waals surface area contributed by atoms with Gasteiger partial charge in [-0.3, -0.25) is 14.5 Å². The van der Waals surface area contributed by atoms with Crippen molar-refractivity contribution in [2.24, 2.45) is 0 Å². The van der Waals surface area contributed by atoms with E-state index in [4.69, 9.17) is 0 Å². The molecule has 32 heavy (non-hydrogen) atoms. The van der Waals surface area contributed by atoms with E-state index in [1.807, 2.05) is 12.1 Å². The summed E-state index contributed by atoms with van der Waals surface area (Å²) in [5, 5.41) is 9.86. The lowest BCUT2D eigenvalue weighted by atomic mass is 10.0. The zero-order valence-electron chi connectivity index (χ0n) is 17.9. The van der Waals surface area contributed by atoms with E-state index in [0.29, 0.717) is 11.4 Å². The number of aromatic nitrogens is 2. The van der Waals surface area contributed by atoms with Gasteiger partial charge in [0.15, 0.2) is 0 Å². The molecule has 1 fully saturated rings. The fourth-order valence-corrected chi connectivity index (χ4v) is 4.19. The Labute approximate surface area is 195 Å². The number of anilines is 1. The molecule has 2 amide bonds. The molecule has 2 N–H and O–H groups in total. The van der Waals surface area contributed by atoms with Gasteiger partial charge in [-0.2, -0.15) is 5.10 Å². The number of para-hydroxylation sites is 2. The van der Waals surface area contributed by atoms with Gasteiger partial charge in [0.2, 0.25) is 0 Å². The topological polar surface area (TPSA) is 79.3 Å². The van der Waals surface area contributed by atoms with Gasteiger partial charge in [0.05, 0.1) is 22.0 Å². The number of carbonyl (C=O) groups is 2. The fourth-order valence-electron chi connectivity index (χ4n) is 3.91. The number of rotatable bonds is 5. The third-order valence-electron chi connectivity index (χ3n) is 5.73. The summed E-state index contributed by atoms with van der Waals surface area (Å²) in [5.74, 6) is -1.29. The van der Waals surface area contributed by atoms with Crippen molar-refractivity contribution in [3.05, 3.63) is 76.5 Å². The van der Waals surface area contributed by atoms with E-state index in [2.05, 4.69) is 67.8 Å². The van der Waals surface area contributed by atoms with Crippen LogP contribution in [0.3, 0.4) is 0 Å². The number of benzene rings is 2. The number of halogens is 1. The van der Waals surface area contributed by atoms with Gasteiger partial charge in [-0.1, -0.05) is 36.4 Å². The van der Waals surface area contributed by atoms with Crippen LogP contribution in [0.5, 0.6) is 0 Å². The average Bonchev–Trinajstić information content (AvgIpc) is 3.23. The van der Waals surface area contributed by atoms with Crippen LogP contribution < -0.4 is 10.6 Å². The second kappa shape index (κ2) is 10.1. The molecule has 0 spiro atoms. The highest BCUT2D eigenvalue weighted by atomic mass is 79.9. The Bertz CT molecular complexity index is 1110. The zero-order chi connectivity index (χ0) is 22.5. The predicted octanol–water partition coefficient (Wildman–Crippen LogP) is 3.66. The summed E-state index contributed by atoms with van der Waals surface area (Å²) in [6, 6.07) is 15.6. The van der Waals surface area contributed by atoms with E-state index in [1.165, 1.54) is 11.1 Å². The first-order valence-corrected chi connectivity index (χ1v) is 11.5. The lowest BCUT2D eigenvalue weighted by Gasteiger charge is -2.32. The fraction of sp³-hybridized carbons (Fsp3) is 0.292. The van der Waals surface area contributed by atoms with E-state index in [-0.39, 0.29) is 6.04 Å². The van der Waals surface area contributed by atoms with Crippen LogP contribution in [0, 0.1) is 6.92 Å². The quantitative estimate of drug-likeness (QED) is 0.529. The molecule has 3 aromatic rings. The number of piperidine rings is 1. The normalized spacial score (nSPS) is 14.8. The van der Waals surface area contributed by atoms with E-state index in [1.54, 1.807) is 29.2 Å². The molecule has 1 saturated heterocycles. The molecule has 2 heterocycles. The first-order chi connectivity index (χ1) is 15.5. The van der Waals surface area contributed by atoms with Crippen LogP contribution in [-0.4, -0.2) is 45.6 Å². The van der Waals surface area contributed by atoms with Gasteiger partial charge in [0.25, 0.3) is 0 Å². The molecule has 0 radical (unpaired) electrons. The van der Waals surface area contributed by atoms with E-state index < -0.39 is 11.8 Å². The largest absolute Gasteiger partial charge is 0.345 e. The van der Waals surface area contributed by atoms with Crippen LogP contribution in [0.2, 0.25) is 0 Å². The second-order valence-corrected chi connectivity index (χ2v) is 8.94. The average molecular weight is 496 g/mol. The van der Waals surface area contributed by atoms with Crippen molar-refractivity contribution in [2.45, 2.75) is 32.4 Å². The Hall–Kier alpha value is -2.97. The lowest BCUT2D eigenvalue weighted by molar-refractivity contribution is -0.136. The number of likely N-dealkylation sites (tertiary alicyclic amines) is 1. The third kappa shape index (κ3) is 5.44. The Morgan fingerprint density at radius 2 is 1.78 bits per heavy atom. The van der Waals surface area contributed by atoms with Gasteiger partial charge in [0, 0.05) is 31.9 Å². The first-order valence-electron chi connectivity index (χ1n) is 10.7. The number of aryl methyl sites for hydroxylation is 1. The van der Waals surface area contributed by atoms with Crippen molar-refractivity contribution in [3.8, 4) is 5.69 Å². The molecule has 1 aliphatic rings. The summed E-state index contributed by atoms with van der Waals surface area (Å²) >= 11 is 3.37. The summed E-state index contributed by atoms with van der Waals surface area (Å²) in [5.41, 5.74) is 3.83. The Balaban J connectivity index is 1.30. The molecule has 0 unspecified atom stereocenters. The minimum absolute atomic E-state index is 0.00122. The van der Waals surface area contributed by atoms with Crippen molar-refractivity contribution < 1.29 is 9.59 Å². The second-order valence-electron chi connectivity index (χ2n) is 8.02. The molecule has 0 atom stereocenters. The van der Waals surface area contributed by atoms with Gasteiger partial charge in [-0.05, 0) is 59.0 Å². The van der Waals surface area contributed by atoms with Crippen LogP contribution in [0.15, 0.2) is 65.4 Å². The van der Waals surface area contributed by atoms with Crippen LogP contribution in [0.4, 0.5) is 5.69 Å². The van der Waals surface area contributed by atoms with Gasteiger partial charge in [-0.15, -0.1) is 0 Å². The maximum absolute atomic E-state index is 12.5. The molecule has 1 aliphatic heterocycles. The van der Waals surface area contributed by atoms with Gasteiger partial charge >= 0.3 is 11.8 Å². The predicted molar refractivity (Wildman–Crippen MR) is 128 cm³/mol. The highest BCUT2D eigenvalue weighted by Gasteiger charge is 2.24. The monoisotopic (exact) mass is 495 g/mol. The molecule has 166 valence electrons. The number of carbonyl (C=O) groups excluding carboxylic acids is 2. The smallest absolute Gasteiger partial charge is 0.313 e. The number of amides is 2. The Kier molecular flexibility index (Phi) is 7.02. The van der Waals surface area contributed by atoms with Gasteiger partial charge in [-0.25, -0.2) is 4.68 Å². The van der Waals surface area contributed by atoms with Crippen molar-refractivity contribution in [2.75, 3.05) is 18.4 Å². The molecule has 0 saturated carbocycles. The van der Waals surface area contributed by atoms with Crippen molar-refractivity contribution in [1.29, 1.82) is 0 Å². The molecular formula is C24H26BrN5O2. The molecule has 0 aliphatic carbocycles. The highest BCUT2D eigenvalue weighted by Crippen LogP contribution is 2.21. The number of hydrogen-bond acceptors (Lipinski definition) is 4. The summed E-state index contributed by atoms with van der Waals surface area (Å²) in [6.07, 6.45) is 5.10. The van der Waals surface area contributed by atoms with Crippen molar-refractivity contribution >= 4 is 33.4 Å². The Morgan fingerprint density at radius 1 is 1.06 bits per heavy atom. The van der Waals surface area contributed by atoms with Crippen LogP contribution in [0.25, 0.3) is 5.69 Å². The third-order valence-corrected chi connectivity index (χ3v) is 6.14. The molecule has 4 rings (SSSR count). The molecule has 0 bridgehead atoms. The van der Waals surface area contributed by atoms with Crippen molar-refractivity contribution in [1.82, 2.24) is 20.0 Å². The first kappa shape index (κ1) is 22.2. The maximum Gasteiger partial charge on any atom is 0.313 e. The molecule has 7 nitrogen and oxygen atoms in total. The molecule has 8 heteroatoms. The van der Waals surface area contributed by atoms with Crippen molar-refractivity contribution in [3.63, 3.8) is 0 Å². The minimum atomic E-state index is -0.675. The van der Waals surface area contributed by atoms with Crippen LogP contribution >= 0.6 is 15.9 Å². The lowest BCUT2D eigenvalue weighted by Crippen LogP contribution is -2.47. The van der Waals surface area contributed by atoms with Crippen LogP contribution in [0.1, 0.15) is 24.0 Å². The standard InChI is InChI=1S/C24H26BrN5O2/c1-17-6-2-3-7-18(17)15-29-12-10-20(11-13-29)27-23(31)24(32)28-21-8-4-5-9-22(21)30-16-19(25)14-26-30/h2-9,14,16,20H,10-13,15H2,1H3,(H,27,31)(H,28,32). The molecule has 2 aromatic carbocycles. The summed E-state index contributed by atoms with van der Waals surface area (Å²) in [4.78, 5) is 27.5. The Morgan fingerprint density at radius 3 is 2.50 bits per heavy atom. The van der Waals surface area contributed by atoms with Gasteiger partial charge in [0.1, 0.15) is 0 Å². The van der Waals surface area contributed by atoms with E-state index >= 15 is 0 Å². The van der Waals surface area contributed by atoms with E-state index in [9.17, 15) is 9.59 Å². The van der Waals surface area contributed by atoms with Gasteiger partial charge < -0.3 is 10.6 Å². The van der Waals surface area contributed by atoms with Crippen LogP contribution in [-0.2, 0) is 16.1 Å². The zero-order valence-corrected chi connectivity index (χ0v) is 19.5. The number of nitrogens with one attached hydrogen (secondary N) is 2. The SMILES string of the molecule is Cc1ccccc1CN1CCC(NC(=O)C(=O)Nc2ccccc2-n2cc(Br)cn2)CC1. The maximum atomic E-state index is 12.5. The summed E-state index contributed by atoms with van der Waals surface area (Å²) in [6.45, 7) is 4.81. The summed E-state index contributed by atoms with van der Waals surface area (Å²) in [7, 11) is 0.